The molecule has 1 aromatic rings. The maximum atomic E-state index is 12.3. The summed E-state index contributed by atoms with van der Waals surface area (Å²) >= 11 is 0. The first-order valence-electron chi connectivity index (χ1n) is 7.22. The molecule has 0 aromatic carbocycles. The van der Waals surface area contributed by atoms with Gasteiger partial charge in [0, 0.05) is 12.3 Å². The van der Waals surface area contributed by atoms with E-state index in [9.17, 15) is 4.79 Å². The number of aromatic nitrogens is 2. The molecule has 0 amide bonds. The molecular formula is C15H23N3O. The zero-order valence-electron chi connectivity index (χ0n) is 12.1. The van der Waals surface area contributed by atoms with Crippen LogP contribution in [0.1, 0.15) is 66.1 Å². The summed E-state index contributed by atoms with van der Waals surface area (Å²) in [5.41, 5.74) is 2.63. The first-order valence-corrected chi connectivity index (χ1v) is 7.22. The number of rotatable bonds is 4. The van der Waals surface area contributed by atoms with Crippen LogP contribution in [0.2, 0.25) is 0 Å². The molecule has 0 bridgehead atoms. The van der Waals surface area contributed by atoms with Gasteiger partial charge in [0.15, 0.2) is 5.78 Å². The van der Waals surface area contributed by atoms with E-state index in [1.165, 1.54) is 0 Å². The van der Waals surface area contributed by atoms with Crippen LogP contribution in [0.25, 0.3) is 0 Å². The highest BCUT2D eigenvalue weighted by Crippen LogP contribution is 2.28. The molecule has 1 fully saturated rings. The van der Waals surface area contributed by atoms with Crippen molar-refractivity contribution in [1.29, 1.82) is 0 Å². The standard InChI is InChI=1S/C15H23N3O/c1-4-5-13(19)14-10(2)17-11(3)18-15(14)12-6-8-16-9-7-12/h12,16H,4-9H2,1-3H3. The predicted molar refractivity (Wildman–Crippen MR) is 75.6 cm³/mol. The maximum absolute atomic E-state index is 12.3. The van der Waals surface area contributed by atoms with Crippen LogP contribution >= 0.6 is 0 Å². The van der Waals surface area contributed by atoms with Crippen LogP contribution in [0.15, 0.2) is 0 Å². The highest BCUT2D eigenvalue weighted by molar-refractivity contribution is 5.98. The number of hydrogen-bond donors (Lipinski definition) is 1. The molecule has 2 rings (SSSR count). The Morgan fingerprint density at radius 2 is 1.95 bits per heavy atom. The third-order valence-corrected chi connectivity index (χ3v) is 3.71. The van der Waals surface area contributed by atoms with Crippen molar-refractivity contribution in [3.8, 4) is 0 Å². The SMILES string of the molecule is CCCC(=O)c1c(C)nc(C)nc1C1CCNCC1. The molecule has 1 aliphatic rings. The summed E-state index contributed by atoms with van der Waals surface area (Å²) in [6, 6.07) is 0. The van der Waals surface area contributed by atoms with Crippen LogP contribution in [0.5, 0.6) is 0 Å². The van der Waals surface area contributed by atoms with Crippen molar-refractivity contribution in [3.05, 3.63) is 22.8 Å². The van der Waals surface area contributed by atoms with Gasteiger partial charge in [0.05, 0.1) is 17.0 Å². The van der Waals surface area contributed by atoms with Gasteiger partial charge in [-0.3, -0.25) is 4.79 Å². The predicted octanol–water partition coefficient (Wildman–Crippen LogP) is 2.54. The lowest BCUT2D eigenvalue weighted by Gasteiger charge is -2.24. The fourth-order valence-corrected chi connectivity index (χ4v) is 2.83. The number of carbonyl (C=O) groups excluding carboxylic acids is 1. The molecule has 19 heavy (non-hydrogen) atoms. The molecule has 104 valence electrons. The molecule has 4 nitrogen and oxygen atoms in total. The maximum Gasteiger partial charge on any atom is 0.166 e. The van der Waals surface area contributed by atoms with E-state index in [-0.39, 0.29) is 5.78 Å². The van der Waals surface area contributed by atoms with Gasteiger partial charge in [0.2, 0.25) is 0 Å². The van der Waals surface area contributed by atoms with Crippen LogP contribution in [-0.4, -0.2) is 28.8 Å². The molecule has 0 unspecified atom stereocenters. The number of ketones is 1. The zero-order valence-corrected chi connectivity index (χ0v) is 12.1. The van der Waals surface area contributed by atoms with Crippen molar-refractivity contribution in [2.24, 2.45) is 0 Å². The summed E-state index contributed by atoms with van der Waals surface area (Å²) in [6.07, 6.45) is 3.58. The third-order valence-electron chi connectivity index (χ3n) is 3.71. The highest BCUT2D eigenvalue weighted by atomic mass is 16.1. The lowest BCUT2D eigenvalue weighted by molar-refractivity contribution is 0.0978. The Balaban J connectivity index is 2.41. The Labute approximate surface area is 115 Å². The van der Waals surface area contributed by atoms with E-state index in [1.807, 2.05) is 20.8 Å². The normalized spacial score (nSPS) is 16.6. The number of carbonyl (C=O) groups is 1. The number of nitrogens with zero attached hydrogens (tertiary/aromatic N) is 2. The number of aryl methyl sites for hydroxylation is 2. The highest BCUT2D eigenvalue weighted by Gasteiger charge is 2.25. The van der Waals surface area contributed by atoms with Crippen LogP contribution in [-0.2, 0) is 0 Å². The van der Waals surface area contributed by atoms with Gasteiger partial charge in [-0.2, -0.15) is 0 Å². The largest absolute Gasteiger partial charge is 0.317 e. The van der Waals surface area contributed by atoms with E-state index in [1.54, 1.807) is 0 Å². The molecule has 1 aliphatic heterocycles. The second kappa shape index (κ2) is 6.24. The Morgan fingerprint density at radius 1 is 1.26 bits per heavy atom. The van der Waals surface area contributed by atoms with Crippen molar-refractivity contribution in [2.45, 2.75) is 52.4 Å². The van der Waals surface area contributed by atoms with Crippen molar-refractivity contribution in [1.82, 2.24) is 15.3 Å². The van der Waals surface area contributed by atoms with Crippen LogP contribution < -0.4 is 5.32 Å². The van der Waals surface area contributed by atoms with Gasteiger partial charge in [0.25, 0.3) is 0 Å². The number of hydrogen-bond acceptors (Lipinski definition) is 4. The van der Waals surface area contributed by atoms with Gasteiger partial charge < -0.3 is 5.32 Å². The molecule has 0 atom stereocenters. The van der Waals surface area contributed by atoms with Gasteiger partial charge >= 0.3 is 0 Å². The summed E-state index contributed by atoms with van der Waals surface area (Å²) in [5, 5.41) is 3.36. The first kappa shape index (κ1) is 14.1. The second-order valence-electron chi connectivity index (χ2n) is 5.31. The lowest BCUT2D eigenvalue weighted by Crippen LogP contribution is -2.28. The van der Waals surface area contributed by atoms with E-state index in [4.69, 9.17) is 0 Å². The van der Waals surface area contributed by atoms with Crippen LogP contribution in [0.4, 0.5) is 0 Å². The topological polar surface area (TPSA) is 54.9 Å². The van der Waals surface area contributed by atoms with E-state index >= 15 is 0 Å². The number of piperidine rings is 1. The van der Waals surface area contributed by atoms with E-state index in [2.05, 4.69) is 15.3 Å². The number of Topliss-reactive ketones (excluding diaryl/α,β-unsaturated/α-hetero) is 1. The summed E-state index contributed by atoms with van der Waals surface area (Å²) < 4.78 is 0. The molecule has 2 heterocycles. The molecular weight excluding hydrogens is 238 g/mol. The minimum absolute atomic E-state index is 0.202. The van der Waals surface area contributed by atoms with Crippen molar-refractivity contribution in [2.75, 3.05) is 13.1 Å². The smallest absolute Gasteiger partial charge is 0.166 e. The minimum Gasteiger partial charge on any atom is -0.317 e. The quantitative estimate of drug-likeness (QED) is 0.846. The molecule has 1 aromatic heterocycles. The fourth-order valence-electron chi connectivity index (χ4n) is 2.83. The molecule has 0 saturated carbocycles. The molecule has 1 saturated heterocycles. The van der Waals surface area contributed by atoms with Gasteiger partial charge in [-0.1, -0.05) is 6.92 Å². The average Bonchev–Trinajstić information content (AvgIpc) is 2.39. The summed E-state index contributed by atoms with van der Waals surface area (Å²) in [7, 11) is 0. The molecule has 0 radical (unpaired) electrons. The molecule has 0 spiro atoms. The average molecular weight is 261 g/mol. The second-order valence-corrected chi connectivity index (χ2v) is 5.31. The van der Waals surface area contributed by atoms with Gasteiger partial charge in [-0.15, -0.1) is 0 Å². The van der Waals surface area contributed by atoms with Gasteiger partial charge in [0.1, 0.15) is 5.82 Å². The summed E-state index contributed by atoms with van der Waals surface area (Å²) in [5.74, 6) is 1.38. The van der Waals surface area contributed by atoms with Gasteiger partial charge in [-0.05, 0) is 46.2 Å². The molecule has 4 heteroatoms. The van der Waals surface area contributed by atoms with Crippen molar-refractivity contribution >= 4 is 5.78 Å². The van der Waals surface area contributed by atoms with E-state index in [0.29, 0.717) is 12.3 Å². The fraction of sp³-hybridized carbons (Fsp3) is 0.667. The first-order chi connectivity index (χ1) is 9.13. The van der Waals surface area contributed by atoms with Crippen LogP contribution in [0.3, 0.4) is 0 Å². The van der Waals surface area contributed by atoms with E-state index in [0.717, 1.165) is 55.1 Å². The molecule has 1 N–H and O–H groups in total. The minimum atomic E-state index is 0.202. The van der Waals surface area contributed by atoms with Crippen molar-refractivity contribution in [3.63, 3.8) is 0 Å². The van der Waals surface area contributed by atoms with E-state index < -0.39 is 0 Å². The Morgan fingerprint density at radius 3 is 2.58 bits per heavy atom. The Hall–Kier alpha value is -1.29. The summed E-state index contributed by atoms with van der Waals surface area (Å²) in [4.78, 5) is 21.3. The monoisotopic (exact) mass is 261 g/mol. The van der Waals surface area contributed by atoms with Gasteiger partial charge in [-0.25, -0.2) is 9.97 Å². The zero-order chi connectivity index (χ0) is 13.8. The summed E-state index contributed by atoms with van der Waals surface area (Å²) in [6.45, 7) is 7.89. The lowest BCUT2D eigenvalue weighted by atomic mass is 9.88. The Bertz CT molecular complexity index is 465. The molecule has 0 aliphatic carbocycles. The van der Waals surface area contributed by atoms with Crippen LogP contribution in [0, 0.1) is 13.8 Å². The third kappa shape index (κ3) is 3.18. The number of nitrogens with one attached hydrogen (secondary N) is 1. The van der Waals surface area contributed by atoms with Crippen molar-refractivity contribution < 1.29 is 4.79 Å². The Kier molecular flexibility index (Phi) is 4.64.